The maximum atomic E-state index is 2.49. The Bertz CT molecular complexity index is 295. The molecule has 1 heterocycles. The molecule has 1 aliphatic rings. The van der Waals surface area contributed by atoms with E-state index in [4.69, 9.17) is 0 Å². The molecular formula is C13H20N2. The Morgan fingerprint density at radius 2 is 2.00 bits per heavy atom. The molecule has 2 heteroatoms. The molecule has 82 valence electrons. The van der Waals surface area contributed by atoms with Crippen LogP contribution in [0.2, 0.25) is 0 Å². The van der Waals surface area contributed by atoms with Crippen molar-refractivity contribution in [1.29, 1.82) is 0 Å². The summed E-state index contributed by atoms with van der Waals surface area (Å²) in [4.78, 5) is 4.79. The predicted octanol–water partition coefficient (Wildman–Crippen LogP) is 2.07. The van der Waals surface area contributed by atoms with Crippen molar-refractivity contribution in [2.75, 3.05) is 38.6 Å². The lowest BCUT2D eigenvalue weighted by atomic mass is 10.1. The van der Waals surface area contributed by atoms with E-state index in [1.165, 1.54) is 31.7 Å². The standard InChI is InChI=1S/C13H20N2/c1-14(2)10-12-8-9-15(11-12)13-6-4-3-5-7-13/h3-7,12H,8-11H2,1-2H3. The van der Waals surface area contributed by atoms with Crippen LogP contribution in [-0.4, -0.2) is 38.6 Å². The Kier molecular flexibility index (Phi) is 3.27. The second kappa shape index (κ2) is 4.67. The normalized spacial score (nSPS) is 21.3. The topological polar surface area (TPSA) is 6.48 Å². The van der Waals surface area contributed by atoms with Crippen LogP contribution >= 0.6 is 0 Å². The van der Waals surface area contributed by atoms with Gasteiger partial charge in [0, 0.05) is 25.3 Å². The molecule has 0 saturated carbocycles. The SMILES string of the molecule is CN(C)CC1CCN(c2ccccc2)C1. The van der Waals surface area contributed by atoms with Gasteiger partial charge in [-0.2, -0.15) is 0 Å². The maximum absolute atomic E-state index is 2.49. The monoisotopic (exact) mass is 204 g/mol. The number of para-hydroxylation sites is 1. The van der Waals surface area contributed by atoms with Gasteiger partial charge in [-0.1, -0.05) is 18.2 Å². The Hall–Kier alpha value is -1.02. The van der Waals surface area contributed by atoms with Crippen LogP contribution in [-0.2, 0) is 0 Å². The molecular weight excluding hydrogens is 184 g/mol. The van der Waals surface area contributed by atoms with Crippen LogP contribution in [0, 0.1) is 5.92 Å². The van der Waals surface area contributed by atoms with Gasteiger partial charge in [0.15, 0.2) is 0 Å². The summed E-state index contributed by atoms with van der Waals surface area (Å²) in [6, 6.07) is 10.7. The van der Waals surface area contributed by atoms with Gasteiger partial charge >= 0.3 is 0 Å². The third kappa shape index (κ3) is 2.72. The molecule has 0 spiro atoms. The van der Waals surface area contributed by atoms with Crippen molar-refractivity contribution in [1.82, 2.24) is 4.90 Å². The second-order valence-electron chi connectivity index (χ2n) is 4.70. The molecule has 0 aliphatic carbocycles. The highest BCUT2D eigenvalue weighted by Gasteiger charge is 2.22. The van der Waals surface area contributed by atoms with Gasteiger partial charge in [0.2, 0.25) is 0 Å². The predicted molar refractivity (Wildman–Crippen MR) is 65.3 cm³/mol. The molecule has 0 radical (unpaired) electrons. The third-order valence-electron chi connectivity index (χ3n) is 3.03. The minimum Gasteiger partial charge on any atom is -0.371 e. The Morgan fingerprint density at radius 3 is 2.67 bits per heavy atom. The first kappa shape index (κ1) is 10.5. The molecule has 2 nitrogen and oxygen atoms in total. The van der Waals surface area contributed by atoms with Gasteiger partial charge in [0.1, 0.15) is 0 Å². The van der Waals surface area contributed by atoms with Gasteiger partial charge in [0.05, 0.1) is 0 Å². The Labute approximate surface area is 92.5 Å². The van der Waals surface area contributed by atoms with Gasteiger partial charge in [0.25, 0.3) is 0 Å². The van der Waals surface area contributed by atoms with Crippen molar-refractivity contribution in [2.45, 2.75) is 6.42 Å². The smallest absolute Gasteiger partial charge is 0.0366 e. The minimum atomic E-state index is 0.834. The minimum absolute atomic E-state index is 0.834. The molecule has 0 amide bonds. The third-order valence-corrected chi connectivity index (χ3v) is 3.03. The average molecular weight is 204 g/mol. The molecule has 15 heavy (non-hydrogen) atoms. The van der Waals surface area contributed by atoms with E-state index in [0.717, 1.165) is 5.92 Å². The lowest BCUT2D eigenvalue weighted by molar-refractivity contribution is 0.340. The fourth-order valence-electron chi connectivity index (χ4n) is 2.37. The van der Waals surface area contributed by atoms with Gasteiger partial charge in [-0.15, -0.1) is 0 Å². The van der Waals surface area contributed by atoms with Gasteiger partial charge in [-0.05, 0) is 38.6 Å². The van der Waals surface area contributed by atoms with Gasteiger partial charge < -0.3 is 9.80 Å². The first-order valence-electron chi connectivity index (χ1n) is 5.70. The van der Waals surface area contributed by atoms with Crippen molar-refractivity contribution < 1.29 is 0 Å². The summed E-state index contributed by atoms with van der Waals surface area (Å²) in [6.07, 6.45) is 1.33. The summed E-state index contributed by atoms with van der Waals surface area (Å²) in [5, 5.41) is 0. The van der Waals surface area contributed by atoms with E-state index in [1.807, 2.05) is 0 Å². The first-order valence-corrected chi connectivity index (χ1v) is 5.70. The van der Waals surface area contributed by atoms with Crippen molar-refractivity contribution in [2.24, 2.45) is 5.92 Å². The molecule has 1 aromatic carbocycles. The highest BCUT2D eigenvalue weighted by molar-refractivity contribution is 5.46. The average Bonchev–Trinajstić information content (AvgIpc) is 2.67. The molecule has 1 unspecified atom stereocenters. The number of benzene rings is 1. The van der Waals surface area contributed by atoms with E-state index in [9.17, 15) is 0 Å². The quantitative estimate of drug-likeness (QED) is 0.743. The van der Waals surface area contributed by atoms with Gasteiger partial charge in [-0.25, -0.2) is 0 Å². The fourth-order valence-corrected chi connectivity index (χ4v) is 2.37. The van der Waals surface area contributed by atoms with E-state index < -0.39 is 0 Å². The molecule has 1 saturated heterocycles. The summed E-state index contributed by atoms with van der Waals surface area (Å²) in [7, 11) is 4.32. The summed E-state index contributed by atoms with van der Waals surface area (Å²) in [5.41, 5.74) is 1.37. The summed E-state index contributed by atoms with van der Waals surface area (Å²) >= 11 is 0. The van der Waals surface area contributed by atoms with Crippen molar-refractivity contribution >= 4 is 5.69 Å². The molecule has 0 bridgehead atoms. The van der Waals surface area contributed by atoms with Crippen LogP contribution in [0.3, 0.4) is 0 Å². The van der Waals surface area contributed by atoms with Crippen LogP contribution in [0.5, 0.6) is 0 Å². The Morgan fingerprint density at radius 1 is 1.27 bits per heavy atom. The van der Waals surface area contributed by atoms with Crippen molar-refractivity contribution in [3.63, 3.8) is 0 Å². The molecule has 1 fully saturated rings. The van der Waals surface area contributed by atoms with E-state index in [0.29, 0.717) is 0 Å². The van der Waals surface area contributed by atoms with Crippen LogP contribution < -0.4 is 4.90 Å². The molecule has 0 aromatic heterocycles. The maximum Gasteiger partial charge on any atom is 0.0366 e. The number of rotatable bonds is 3. The number of nitrogens with zero attached hydrogens (tertiary/aromatic N) is 2. The van der Waals surface area contributed by atoms with E-state index in [2.05, 4.69) is 54.2 Å². The van der Waals surface area contributed by atoms with E-state index >= 15 is 0 Å². The number of hydrogen-bond acceptors (Lipinski definition) is 2. The summed E-state index contributed by atoms with van der Waals surface area (Å²) in [6.45, 7) is 3.63. The van der Waals surface area contributed by atoms with Gasteiger partial charge in [-0.3, -0.25) is 0 Å². The Balaban J connectivity index is 1.93. The molecule has 2 rings (SSSR count). The lowest BCUT2D eigenvalue weighted by Gasteiger charge is -2.20. The molecule has 0 N–H and O–H groups in total. The number of hydrogen-bond donors (Lipinski definition) is 0. The van der Waals surface area contributed by atoms with Crippen molar-refractivity contribution in [3.05, 3.63) is 30.3 Å². The summed E-state index contributed by atoms with van der Waals surface area (Å²) < 4.78 is 0. The zero-order chi connectivity index (χ0) is 10.7. The molecule has 1 atom stereocenters. The molecule has 1 aromatic rings. The lowest BCUT2D eigenvalue weighted by Crippen LogP contribution is -2.25. The zero-order valence-corrected chi connectivity index (χ0v) is 9.69. The highest BCUT2D eigenvalue weighted by atomic mass is 15.2. The highest BCUT2D eigenvalue weighted by Crippen LogP contribution is 2.23. The van der Waals surface area contributed by atoms with E-state index in [-0.39, 0.29) is 0 Å². The zero-order valence-electron chi connectivity index (χ0n) is 9.69. The van der Waals surface area contributed by atoms with Crippen molar-refractivity contribution in [3.8, 4) is 0 Å². The van der Waals surface area contributed by atoms with Crippen LogP contribution in [0.15, 0.2) is 30.3 Å². The largest absolute Gasteiger partial charge is 0.371 e. The van der Waals surface area contributed by atoms with Crippen LogP contribution in [0.25, 0.3) is 0 Å². The summed E-state index contributed by atoms with van der Waals surface area (Å²) in [5.74, 6) is 0.834. The second-order valence-corrected chi connectivity index (χ2v) is 4.70. The van der Waals surface area contributed by atoms with Crippen LogP contribution in [0.4, 0.5) is 5.69 Å². The first-order chi connectivity index (χ1) is 7.25. The van der Waals surface area contributed by atoms with E-state index in [1.54, 1.807) is 0 Å². The van der Waals surface area contributed by atoms with Crippen LogP contribution in [0.1, 0.15) is 6.42 Å². The fraction of sp³-hybridized carbons (Fsp3) is 0.538. The molecule has 1 aliphatic heterocycles. The number of anilines is 1.